The lowest BCUT2D eigenvalue weighted by atomic mass is 10.0. The maximum Gasteiger partial charge on any atom is 0.255 e. The van der Waals surface area contributed by atoms with Crippen LogP contribution >= 0.6 is 0 Å². The van der Waals surface area contributed by atoms with E-state index in [1.165, 1.54) is 6.20 Å². The Morgan fingerprint density at radius 1 is 1.21 bits per heavy atom. The summed E-state index contributed by atoms with van der Waals surface area (Å²) in [6, 6.07) is 5.90. The van der Waals surface area contributed by atoms with Gasteiger partial charge in [-0.3, -0.25) is 14.9 Å². The topological polar surface area (TPSA) is 117 Å². The summed E-state index contributed by atoms with van der Waals surface area (Å²) in [5.41, 5.74) is 3.68. The van der Waals surface area contributed by atoms with Crippen LogP contribution in [-0.4, -0.2) is 54.1 Å². The molecule has 28 heavy (non-hydrogen) atoms. The molecule has 8 nitrogen and oxygen atoms in total. The number of pyridine rings is 1. The van der Waals surface area contributed by atoms with Crippen molar-refractivity contribution >= 4 is 32.3 Å². The molecule has 0 aliphatic rings. The van der Waals surface area contributed by atoms with Gasteiger partial charge in [0.15, 0.2) is 0 Å². The molecule has 2 aromatic heterocycles. The molecule has 0 atom stereocenters. The summed E-state index contributed by atoms with van der Waals surface area (Å²) in [6.07, 6.45) is 6.18. The Morgan fingerprint density at radius 2 is 2.00 bits per heavy atom. The summed E-state index contributed by atoms with van der Waals surface area (Å²) in [6.45, 7) is 4.01. The first-order valence-electron chi connectivity index (χ1n) is 8.89. The average Bonchev–Trinajstić information content (AvgIpc) is 3.14. The molecule has 0 radical (unpaired) electrons. The van der Waals surface area contributed by atoms with Gasteiger partial charge in [-0.1, -0.05) is 6.07 Å². The lowest BCUT2D eigenvalue weighted by molar-refractivity contribution is 0.0956. The van der Waals surface area contributed by atoms with Gasteiger partial charge < -0.3 is 10.6 Å². The van der Waals surface area contributed by atoms with Crippen molar-refractivity contribution < 1.29 is 13.2 Å². The maximum atomic E-state index is 12.7. The van der Waals surface area contributed by atoms with E-state index in [-0.39, 0.29) is 24.2 Å². The van der Waals surface area contributed by atoms with Gasteiger partial charge in [-0.2, -0.15) is 5.10 Å². The molecule has 0 spiro atoms. The molecule has 1 amide bonds. The summed E-state index contributed by atoms with van der Waals surface area (Å²) in [5, 5.41) is 13.6. The Hall–Kier alpha value is -2.94. The minimum Gasteiger partial charge on any atom is -0.382 e. The van der Waals surface area contributed by atoms with E-state index < -0.39 is 9.84 Å². The van der Waals surface area contributed by atoms with Crippen molar-refractivity contribution in [1.82, 2.24) is 20.5 Å². The quantitative estimate of drug-likeness (QED) is 0.559. The van der Waals surface area contributed by atoms with Crippen LogP contribution in [-0.2, 0) is 9.84 Å². The Balaban J connectivity index is 2.02. The van der Waals surface area contributed by atoms with Gasteiger partial charge >= 0.3 is 0 Å². The van der Waals surface area contributed by atoms with E-state index in [0.717, 1.165) is 28.3 Å². The van der Waals surface area contributed by atoms with Crippen LogP contribution in [0.5, 0.6) is 0 Å². The Kier molecular flexibility index (Phi) is 5.64. The number of aromatic amines is 1. The van der Waals surface area contributed by atoms with E-state index in [1.54, 1.807) is 12.4 Å². The van der Waals surface area contributed by atoms with Crippen LogP contribution in [0.2, 0.25) is 0 Å². The number of hydrogen-bond donors (Lipinski definition) is 3. The third kappa shape index (κ3) is 4.66. The first-order chi connectivity index (χ1) is 13.2. The fourth-order valence-corrected chi connectivity index (χ4v) is 3.32. The minimum absolute atomic E-state index is 0.0475. The fraction of sp³-hybridized carbons (Fsp3) is 0.316. The van der Waals surface area contributed by atoms with Gasteiger partial charge in [0.25, 0.3) is 5.91 Å². The monoisotopic (exact) mass is 401 g/mol. The third-order valence-corrected chi connectivity index (χ3v) is 5.08. The van der Waals surface area contributed by atoms with Gasteiger partial charge in [-0.05, 0) is 31.5 Å². The number of benzene rings is 1. The molecule has 0 unspecified atom stereocenters. The van der Waals surface area contributed by atoms with E-state index in [1.807, 2.05) is 32.0 Å². The molecule has 0 fully saturated rings. The second-order valence-electron chi connectivity index (χ2n) is 6.95. The number of H-pyrrole nitrogens is 1. The average molecular weight is 401 g/mol. The molecule has 0 bridgehead atoms. The molecular formula is C19H23N5O3S. The molecule has 0 aliphatic heterocycles. The number of hydrogen-bond acceptors (Lipinski definition) is 6. The van der Waals surface area contributed by atoms with Crippen molar-refractivity contribution in [2.24, 2.45) is 0 Å². The number of anilines is 1. The number of carbonyl (C=O) groups excluding carboxylic acids is 1. The van der Waals surface area contributed by atoms with Gasteiger partial charge in [0.1, 0.15) is 9.84 Å². The number of aromatic nitrogens is 3. The van der Waals surface area contributed by atoms with Gasteiger partial charge in [-0.25, -0.2) is 8.42 Å². The van der Waals surface area contributed by atoms with Crippen molar-refractivity contribution in [1.29, 1.82) is 0 Å². The smallest absolute Gasteiger partial charge is 0.255 e. The van der Waals surface area contributed by atoms with E-state index in [4.69, 9.17) is 0 Å². The summed E-state index contributed by atoms with van der Waals surface area (Å²) in [7, 11) is -3.15. The van der Waals surface area contributed by atoms with Crippen LogP contribution in [0.4, 0.5) is 5.69 Å². The number of nitrogens with zero attached hydrogens (tertiary/aromatic N) is 2. The number of nitrogens with one attached hydrogen (secondary N) is 3. The van der Waals surface area contributed by atoms with E-state index in [0.29, 0.717) is 11.3 Å². The number of amides is 1. The molecule has 9 heteroatoms. The lowest BCUT2D eigenvalue weighted by Crippen LogP contribution is -2.30. The van der Waals surface area contributed by atoms with E-state index >= 15 is 0 Å². The van der Waals surface area contributed by atoms with Crippen LogP contribution in [0, 0.1) is 0 Å². The van der Waals surface area contributed by atoms with Crippen molar-refractivity contribution in [3.05, 3.63) is 42.4 Å². The van der Waals surface area contributed by atoms with Crippen LogP contribution in [0.1, 0.15) is 24.2 Å². The standard InChI is InChI=1S/C19H23N5O3S/c1-12(2)24-18-15-8-13(14-9-22-23-10-14)4-5-17(15)21-11-16(18)19(25)20-6-7-28(3,26)27/h4-5,8-12H,6-7H2,1-3H3,(H,20,25)(H,21,24)(H,22,23). The maximum absolute atomic E-state index is 12.7. The molecule has 3 N–H and O–H groups in total. The molecule has 0 aliphatic carbocycles. The number of rotatable bonds is 7. The second-order valence-corrected chi connectivity index (χ2v) is 9.21. The Morgan fingerprint density at radius 3 is 2.64 bits per heavy atom. The largest absolute Gasteiger partial charge is 0.382 e. The zero-order valence-corrected chi connectivity index (χ0v) is 16.8. The molecular weight excluding hydrogens is 378 g/mol. The summed E-state index contributed by atoms with van der Waals surface area (Å²) in [5.74, 6) is -0.480. The van der Waals surface area contributed by atoms with E-state index in [2.05, 4.69) is 25.8 Å². The Labute approximate surface area is 163 Å². The molecule has 2 heterocycles. The summed E-state index contributed by atoms with van der Waals surface area (Å²) < 4.78 is 22.6. The molecule has 148 valence electrons. The van der Waals surface area contributed by atoms with Crippen LogP contribution < -0.4 is 10.6 Å². The van der Waals surface area contributed by atoms with Crippen LogP contribution in [0.3, 0.4) is 0 Å². The first kappa shape index (κ1) is 19.8. The second kappa shape index (κ2) is 7.97. The lowest BCUT2D eigenvalue weighted by Gasteiger charge is -2.17. The van der Waals surface area contributed by atoms with Crippen LogP contribution in [0.15, 0.2) is 36.8 Å². The number of sulfone groups is 1. The number of fused-ring (bicyclic) bond motifs is 1. The SMILES string of the molecule is CC(C)Nc1c(C(=O)NCCS(C)(=O)=O)cnc2ccc(-c3cn[nH]c3)cc12. The third-order valence-electron chi connectivity index (χ3n) is 4.14. The van der Waals surface area contributed by atoms with Crippen molar-refractivity contribution in [3.8, 4) is 11.1 Å². The highest BCUT2D eigenvalue weighted by molar-refractivity contribution is 7.90. The van der Waals surface area contributed by atoms with Gasteiger partial charge in [0, 0.05) is 42.2 Å². The zero-order valence-electron chi connectivity index (χ0n) is 16.0. The fourth-order valence-electron chi connectivity index (χ4n) is 2.84. The highest BCUT2D eigenvalue weighted by Crippen LogP contribution is 2.30. The summed E-state index contributed by atoms with van der Waals surface area (Å²) >= 11 is 0. The normalized spacial score (nSPS) is 11.7. The highest BCUT2D eigenvalue weighted by atomic mass is 32.2. The molecule has 0 saturated heterocycles. The first-order valence-corrected chi connectivity index (χ1v) is 10.9. The minimum atomic E-state index is -3.15. The van der Waals surface area contributed by atoms with Crippen LogP contribution in [0.25, 0.3) is 22.0 Å². The predicted molar refractivity (Wildman–Crippen MR) is 110 cm³/mol. The van der Waals surface area contributed by atoms with E-state index in [9.17, 15) is 13.2 Å². The van der Waals surface area contributed by atoms with Gasteiger partial charge in [0.2, 0.25) is 0 Å². The molecule has 3 aromatic rings. The van der Waals surface area contributed by atoms with Gasteiger partial charge in [-0.15, -0.1) is 0 Å². The summed E-state index contributed by atoms with van der Waals surface area (Å²) in [4.78, 5) is 17.1. The highest BCUT2D eigenvalue weighted by Gasteiger charge is 2.17. The Bertz CT molecular complexity index is 1090. The molecule has 3 rings (SSSR count). The zero-order chi connectivity index (χ0) is 20.3. The van der Waals surface area contributed by atoms with Crippen molar-refractivity contribution in [3.63, 3.8) is 0 Å². The number of carbonyl (C=O) groups is 1. The van der Waals surface area contributed by atoms with Crippen molar-refractivity contribution in [2.45, 2.75) is 19.9 Å². The van der Waals surface area contributed by atoms with Gasteiger partial charge in [0.05, 0.1) is 28.7 Å². The predicted octanol–water partition coefficient (Wildman–Crippen LogP) is 2.22. The van der Waals surface area contributed by atoms with Crippen molar-refractivity contribution in [2.75, 3.05) is 23.9 Å². The molecule has 1 aromatic carbocycles. The molecule has 0 saturated carbocycles.